The number of hydroxylamine groups is 2. The molecule has 14 nitrogen and oxygen atoms in total. The molecule has 2 fully saturated rings. The Labute approximate surface area is 189 Å². The van der Waals surface area contributed by atoms with E-state index in [2.05, 4.69) is 0 Å². The van der Waals surface area contributed by atoms with Crippen LogP contribution in [0.4, 0.5) is 22.7 Å². The molecule has 0 saturated carbocycles. The van der Waals surface area contributed by atoms with Crippen LogP contribution in [0.2, 0.25) is 0 Å². The smallest absolute Gasteiger partial charge is 0.269 e. The average Bonchev–Trinajstić information content (AvgIpc) is 3.27. The molecule has 2 aromatic rings. The minimum Gasteiger partial charge on any atom is -0.312 e. The maximum Gasteiger partial charge on any atom is 0.269 e. The molecule has 2 aromatic carbocycles. The van der Waals surface area contributed by atoms with Gasteiger partial charge >= 0.3 is 0 Å². The monoisotopic (exact) mass is 469 g/mol. The van der Waals surface area contributed by atoms with E-state index in [0.717, 1.165) is 34.1 Å². The van der Waals surface area contributed by atoms with E-state index in [-0.39, 0.29) is 22.7 Å². The van der Waals surface area contributed by atoms with Crippen LogP contribution in [0.5, 0.6) is 0 Å². The fraction of sp³-hybridized carbons (Fsp3) is 0.200. The first-order valence-electron chi connectivity index (χ1n) is 9.80. The van der Waals surface area contributed by atoms with Crippen LogP contribution in [0.15, 0.2) is 48.5 Å². The first-order valence-corrected chi connectivity index (χ1v) is 9.80. The molecule has 0 bridgehead atoms. The van der Waals surface area contributed by atoms with Gasteiger partial charge in [-0.05, 0) is 24.3 Å². The van der Waals surface area contributed by atoms with Gasteiger partial charge in [-0.15, -0.1) is 0 Å². The van der Waals surface area contributed by atoms with Gasteiger partial charge in [-0.25, -0.2) is 9.80 Å². The van der Waals surface area contributed by atoms with Crippen molar-refractivity contribution in [2.45, 2.75) is 24.9 Å². The molecule has 2 aliphatic rings. The summed E-state index contributed by atoms with van der Waals surface area (Å²) in [5.74, 6) is -3.13. The van der Waals surface area contributed by atoms with Crippen LogP contribution in [0.25, 0.3) is 0 Å². The van der Waals surface area contributed by atoms with Gasteiger partial charge in [-0.3, -0.25) is 39.4 Å². The molecule has 0 unspecified atom stereocenters. The number of anilines is 2. The largest absolute Gasteiger partial charge is 0.312 e. The fourth-order valence-corrected chi connectivity index (χ4v) is 3.85. The molecule has 34 heavy (non-hydrogen) atoms. The molecule has 0 aliphatic carbocycles. The SMILES string of the molecule is O=C1C[C@@H](N(O)[C@H]2CC(=O)N(c3ccc([N+](=O)[O-])cc3)C2=O)C(=O)N1c1ccc([N+](=O)[O-])cc1. The minimum atomic E-state index is -1.46. The van der Waals surface area contributed by atoms with Crippen LogP contribution >= 0.6 is 0 Å². The highest BCUT2D eigenvalue weighted by molar-refractivity contribution is 6.24. The zero-order chi connectivity index (χ0) is 24.7. The van der Waals surface area contributed by atoms with Crippen LogP contribution in [0.3, 0.4) is 0 Å². The Bertz CT molecular complexity index is 1130. The number of hydrogen-bond donors (Lipinski definition) is 1. The highest BCUT2D eigenvalue weighted by Crippen LogP contribution is 2.31. The van der Waals surface area contributed by atoms with E-state index < -0.39 is 58.4 Å². The highest BCUT2D eigenvalue weighted by atomic mass is 16.6. The number of non-ortho nitro benzene ring substituents is 2. The van der Waals surface area contributed by atoms with Gasteiger partial charge in [0.1, 0.15) is 12.1 Å². The zero-order valence-corrected chi connectivity index (χ0v) is 17.1. The Kier molecular flexibility index (Phi) is 5.60. The first-order chi connectivity index (χ1) is 16.1. The lowest BCUT2D eigenvalue weighted by Crippen LogP contribution is -2.49. The van der Waals surface area contributed by atoms with Crippen molar-refractivity contribution in [1.82, 2.24) is 5.06 Å². The summed E-state index contributed by atoms with van der Waals surface area (Å²) < 4.78 is 0. The number of nitro benzene ring substituents is 2. The van der Waals surface area contributed by atoms with Gasteiger partial charge in [0.25, 0.3) is 23.2 Å². The molecule has 2 saturated heterocycles. The van der Waals surface area contributed by atoms with E-state index in [0.29, 0.717) is 5.06 Å². The quantitative estimate of drug-likeness (QED) is 0.366. The van der Waals surface area contributed by atoms with Crippen molar-refractivity contribution >= 4 is 46.4 Å². The second-order valence-electron chi connectivity index (χ2n) is 7.50. The Balaban J connectivity index is 1.53. The lowest BCUT2D eigenvalue weighted by molar-refractivity contribution is -0.385. The number of benzene rings is 2. The third kappa shape index (κ3) is 3.76. The Hall–Kier alpha value is -4.56. The molecule has 0 radical (unpaired) electrons. The molecule has 2 heterocycles. The number of nitrogens with zero attached hydrogens (tertiary/aromatic N) is 5. The van der Waals surface area contributed by atoms with Crippen LogP contribution < -0.4 is 9.80 Å². The molecule has 2 atom stereocenters. The van der Waals surface area contributed by atoms with Crippen molar-refractivity contribution in [1.29, 1.82) is 0 Å². The summed E-state index contributed by atoms with van der Waals surface area (Å²) in [7, 11) is 0. The van der Waals surface area contributed by atoms with Gasteiger partial charge in [0, 0.05) is 24.3 Å². The van der Waals surface area contributed by atoms with Crippen LogP contribution in [0, 0.1) is 20.2 Å². The number of hydrogen-bond acceptors (Lipinski definition) is 10. The molecule has 1 N–H and O–H groups in total. The topological polar surface area (TPSA) is 185 Å². The standard InChI is InChI=1S/C20H15N5O9/c26-17-9-15(19(28)21(17)11-1-5-13(6-2-11)24(31)32)23(30)16-10-18(27)22(20(16)29)12-3-7-14(8-4-12)25(33)34/h1-8,15-16,30H,9-10H2/t15-,16+. The summed E-state index contributed by atoms with van der Waals surface area (Å²) in [5.41, 5.74) is -0.384. The summed E-state index contributed by atoms with van der Waals surface area (Å²) in [6.45, 7) is 0. The minimum absolute atomic E-state index is 0.0535. The molecule has 4 rings (SSSR count). The number of imide groups is 2. The van der Waals surface area contributed by atoms with E-state index in [1.54, 1.807) is 0 Å². The Morgan fingerprint density at radius 3 is 1.32 bits per heavy atom. The van der Waals surface area contributed by atoms with Gasteiger partial charge in [0.15, 0.2) is 0 Å². The Morgan fingerprint density at radius 2 is 1.03 bits per heavy atom. The van der Waals surface area contributed by atoms with Crippen LogP contribution in [0.1, 0.15) is 12.8 Å². The fourth-order valence-electron chi connectivity index (χ4n) is 3.85. The van der Waals surface area contributed by atoms with Crippen molar-refractivity contribution in [3.05, 3.63) is 68.8 Å². The summed E-state index contributed by atoms with van der Waals surface area (Å²) in [5, 5.41) is 32.6. The predicted octanol–water partition coefficient (Wildman–Crippen LogP) is 1.16. The lowest BCUT2D eigenvalue weighted by atomic mass is 10.1. The number of rotatable bonds is 6. The number of amides is 4. The number of carbonyl (C=O) groups is 4. The van der Waals surface area contributed by atoms with Gasteiger partial charge in [0.05, 0.1) is 34.1 Å². The van der Waals surface area contributed by atoms with E-state index in [4.69, 9.17) is 0 Å². The van der Waals surface area contributed by atoms with Crippen molar-refractivity contribution in [2.24, 2.45) is 0 Å². The zero-order valence-electron chi connectivity index (χ0n) is 17.1. The molecule has 174 valence electrons. The van der Waals surface area contributed by atoms with Gasteiger partial charge in [-0.2, -0.15) is 5.06 Å². The van der Waals surface area contributed by atoms with Crippen molar-refractivity contribution in [3.63, 3.8) is 0 Å². The molecule has 4 amide bonds. The Morgan fingerprint density at radius 1 is 0.706 bits per heavy atom. The summed E-state index contributed by atoms with van der Waals surface area (Å²) in [6, 6.07) is 6.36. The number of nitro groups is 2. The second-order valence-corrected chi connectivity index (χ2v) is 7.50. The van der Waals surface area contributed by atoms with E-state index in [1.807, 2.05) is 0 Å². The van der Waals surface area contributed by atoms with Crippen molar-refractivity contribution in [3.8, 4) is 0 Å². The molecule has 14 heteroatoms. The van der Waals surface area contributed by atoms with Gasteiger partial charge in [-0.1, -0.05) is 0 Å². The molecule has 2 aliphatic heterocycles. The van der Waals surface area contributed by atoms with E-state index in [1.165, 1.54) is 24.3 Å². The van der Waals surface area contributed by atoms with Crippen LogP contribution in [-0.2, 0) is 19.2 Å². The lowest BCUT2D eigenvalue weighted by Gasteiger charge is -2.25. The maximum atomic E-state index is 12.9. The number of carbonyl (C=O) groups excluding carboxylic acids is 4. The third-order valence-electron chi connectivity index (χ3n) is 5.52. The summed E-state index contributed by atoms with van der Waals surface area (Å²) >= 11 is 0. The third-order valence-corrected chi connectivity index (χ3v) is 5.52. The molecule has 0 spiro atoms. The van der Waals surface area contributed by atoms with Gasteiger partial charge < -0.3 is 5.21 Å². The molecular formula is C20H15N5O9. The van der Waals surface area contributed by atoms with E-state index >= 15 is 0 Å². The average molecular weight is 469 g/mol. The van der Waals surface area contributed by atoms with Crippen molar-refractivity contribution in [2.75, 3.05) is 9.80 Å². The van der Waals surface area contributed by atoms with Crippen LogP contribution in [-0.4, -0.2) is 55.8 Å². The predicted molar refractivity (Wildman–Crippen MR) is 112 cm³/mol. The highest BCUT2D eigenvalue weighted by Gasteiger charge is 2.50. The summed E-state index contributed by atoms with van der Waals surface area (Å²) in [6.07, 6.45) is -0.969. The van der Waals surface area contributed by atoms with E-state index in [9.17, 15) is 44.6 Å². The maximum absolute atomic E-state index is 12.9. The summed E-state index contributed by atoms with van der Waals surface area (Å²) in [4.78, 5) is 72.5. The second kappa shape index (κ2) is 8.42. The first kappa shape index (κ1) is 22.6. The molecular weight excluding hydrogens is 454 g/mol. The molecule has 0 aromatic heterocycles. The van der Waals surface area contributed by atoms with Crippen molar-refractivity contribution < 1.29 is 34.2 Å². The normalized spacial score (nSPS) is 20.5. The van der Waals surface area contributed by atoms with Gasteiger partial charge in [0.2, 0.25) is 11.8 Å².